The van der Waals surface area contributed by atoms with Crippen molar-refractivity contribution in [2.24, 2.45) is 0 Å². The Labute approximate surface area is 101 Å². The number of hydrogen-bond donors (Lipinski definition) is 2. The maximum absolute atomic E-state index is 12.5. The molecule has 0 aliphatic heterocycles. The van der Waals surface area contributed by atoms with Crippen LogP contribution in [0.3, 0.4) is 0 Å². The van der Waals surface area contributed by atoms with Crippen molar-refractivity contribution in [2.75, 3.05) is 10.6 Å². The average molecular weight is 250 g/mol. The van der Waals surface area contributed by atoms with E-state index in [-0.39, 0.29) is 0 Å². The van der Waals surface area contributed by atoms with Gasteiger partial charge in [0.2, 0.25) is 11.9 Å². The van der Waals surface area contributed by atoms with Crippen LogP contribution < -0.4 is 10.6 Å². The van der Waals surface area contributed by atoms with Gasteiger partial charge in [0.1, 0.15) is 0 Å². The highest BCUT2D eigenvalue weighted by molar-refractivity contribution is 5.99. The number of pyridine rings is 2. The fourth-order valence-electron chi connectivity index (χ4n) is 1.19. The van der Waals surface area contributed by atoms with E-state index < -0.39 is 17.9 Å². The predicted octanol–water partition coefficient (Wildman–Crippen LogP) is 2.40. The number of nitrogens with zero attached hydrogens (tertiary/aromatic N) is 2. The number of nitrogens with one attached hydrogen (secondary N) is 2. The van der Waals surface area contributed by atoms with Crippen LogP contribution in [0.15, 0.2) is 36.7 Å². The molecule has 2 N–H and O–H groups in total. The highest BCUT2D eigenvalue weighted by atomic mass is 19.1. The number of carbonyl (C=O) groups excluding carboxylic acids is 1. The van der Waals surface area contributed by atoms with Gasteiger partial charge in [0.25, 0.3) is 0 Å². The first-order valence-corrected chi connectivity index (χ1v) is 4.94. The van der Waals surface area contributed by atoms with Crippen LogP contribution in [-0.4, -0.2) is 16.0 Å². The maximum atomic E-state index is 12.5. The van der Waals surface area contributed by atoms with Crippen molar-refractivity contribution in [2.45, 2.75) is 0 Å². The van der Waals surface area contributed by atoms with E-state index in [1.807, 2.05) is 0 Å². The Kier molecular flexibility index (Phi) is 3.42. The molecule has 0 saturated heterocycles. The van der Waals surface area contributed by atoms with Gasteiger partial charge in [0.15, 0.2) is 0 Å². The maximum Gasteiger partial charge on any atom is 0.323 e. The zero-order valence-corrected chi connectivity index (χ0v) is 9.02. The lowest BCUT2D eigenvalue weighted by molar-refractivity contribution is 0.262. The van der Waals surface area contributed by atoms with Crippen LogP contribution in [0.2, 0.25) is 0 Å². The van der Waals surface area contributed by atoms with E-state index >= 15 is 0 Å². The summed E-state index contributed by atoms with van der Waals surface area (Å²) in [5, 5.41) is 4.86. The molecule has 7 heteroatoms. The lowest BCUT2D eigenvalue weighted by Crippen LogP contribution is -2.19. The zero-order valence-electron chi connectivity index (χ0n) is 9.02. The van der Waals surface area contributed by atoms with Crippen LogP contribution in [0.4, 0.5) is 25.0 Å². The van der Waals surface area contributed by atoms with Gasteiger partial charge in [-0.1, -0.05) is 0 Å². The molecule has 0 unspecified atom stereocenters. The van der Waals surface area contributed by atoms with E-state index in [1.165, 1.54) is 24.5 Å². The smallest absolute Gasteiger partial charge is 0.306 e. The average Bonchev–Trinajstić information content (AvgIpc) is 2.35. The normalized spacial score (nSPS) is 9.89. The summed E-state index contributed by atoms with van der Waals surface area (Å²) in [6, 6.07) is 4.41. The number of amides is 2. The molecule has 18 heavy (non-hydrogen) atoms. The van der Waals surface area contributed by atoms with E-state index in [9.17, 15) is 13.6 Å². The van der Waals surface area contributed by atoms with Gasteiger partial charge in [-0.3, -0.25) is 0 Å². The molecule has 0 atom stereocenters. The second-order valence-electron chi connectivity index (χ2n) is 3.32. The summed E-state index contributed by atoms with van der Waals surface area (Å²) in [5.41, 5.74) is 0.674. The van der Waals surface area contributed by atoms with Crippen LogP contribution in [0.25, 0.3) is 0 Å². The lowest BCUT2D eigenvalue weighted by atomic mass is 10.4. The van der Waals surface area contributed by atoms with E-state index in [0.29, 0.717) is 11.4 Å². The number of hydrogen-bond acceptors (Lipinski definition) is 3. The van der Waals surface area contributed by atoms with Gasteiger partial charge in [0.05, 0.1) is 23.8 Å². The summed E-state index contributed by atoms with van der Waals surface area (Å²) >= 11 is 0. The van der Waals surface area contributed by atoms with Crippen LogP contribution in [-0.2, 0) is 0 Å². The summed E-state index contributed by atoms with van der Waals surface area (Å²) in [4.78, 5) is 18.2. The monoisotopic (exact) mass is 250 g/mol. The second-order valence-corrected chi connectivity index (χ2v) is 3.32. The molecule has 92 valence electrons. The molecule has 0 saturated carbocycles. The number of rotatable bonds is 2. The van der Waals surface area contributed by atoms with Gasteiger partial charge in [-0.25, -0.2) is 14.8 Å². The molecule has 0 aliphatic carbocycles. The first-order valence-electron chi connectivity index (χ1n) is 4.94. The van der Waals surface area contributed by atoms with Gasteiger partial charge in [-0.15, -0.1) is 0 Å². The quantitative estimate of drug-likeness (QED) is 0.804. The van der Waals surface area contributed by atoms with Gasteiger partial charge in [-0.05, 0) is 24.3 Å². The molecule has 0 aromatic carbocycles. The van der Waals surface area contributed by atoms with Crippen LogP contribution in [0, 0.1) is 11.9 Å². The molecular weight excluding hydrogens is 242 g/mol. The Morgan fingerprint density at radius 3 is 1.67 bits per heavy atom. The molecular formula is C11H8F2N4O. The summed E-state index contributed by atoms with van der Waals surface area (Å²) < 4.78 is 25.1. The highest BCUT2D eigenvalue weighted by Crippen LogP contribution is 2.08. The topological polar surface area (TPSA) is 66.9 Å². The van der Waals surface area contributed by atoms with Crippen molar-refractivity contribution in [3.8, 4) is 0 Å². The fourth-order valence-corrected chi connectivity index (χ4v) is 1.19. The van der Waals surface area contributed by atoms with Gasteiger partial charge < -0.3 is 10.6 Å². The number of anilines is 2. The molecule has 2 amide bonds. The Balaban J connectivity index is 1.96. The van der Waals surface area contributed by atoms with Gasteiger partial charge in [-0.2, -0.15) is 8.78 Å². The molecule has 0 bridgehead atoms. The van der Waals surface area contributed by atoms with Gasteiger partial charge in [0, 0.05) is 0 Å². The van der Waals surface area contributed by atoms with Crippen molar-refractivity contribution in [1.82, 2.24) is 9.97 Å². The van der Waals surface area contributed by atoms with Crippen molar-refractivity contribution < 1.29 is 13.6 Å². The molecule has 2 aromatic rings. The minimum absolute atomic E-state index is 0.337. The lowest BCUT2D eigenvalue weighted by Gasteiger charge is -2.06. The van der Waals surface area contributed by atoms with E-state index in [2.05, 4.69) is 20.6 Å². The standard InChI is InChI=1S/C11H8F2N4O/c12-9-3-1-7(5-14-9)16-11(18)17-8-2-4-10(13)15-6-8/h1-6H,(H2,16,17,18). The number of aromatic nitrogens is 2. The van der Waals surface area contributed by atoms with Crippen LogP contribution in [0.1, 0.15) is 0 Å². The number of urea groups is 1. The Morgan fingerprint density at radius 1 is 0.889 bits per heavy atom. The summed E-state index contributed by atoms with van der Waals surface area (Å²) in [7, 11) is 0. The third kappa shape index (κ3) is 3.21. The van der Waals surface area contributed by atoms with Crippen LogP contribution in [0.5, 0.6) is 0 Å². The zero-order chi connectivity index (χ0) is 13.0. The Bertz CT molecular complexity index is 492. The molecule has 5 nitrogen and oxygen atoms in total. The van der Waals surface area contributed by atoms with E-state index in [4.69, 9.17) is 0 Å². The summed E-state index contributed by atoms with van der Waals surface area (Å²) in [6.07, 6.45) is 2.36. The summed E-state index contributed by atoms with van der Waals surface area (Å²) in [5.74, 6) is -1.27. The SMILES string of the molecule is O=C(Nc1ccc(F)nc1)Nc1ccc(F)nc1. The Hall–Kier alpha value is -2.57. The first kappa shape index (κ1) is 11.9. The molecule has 0 aliphatic rings. The third-order valence-corrected chi connectivity index (χ3v) is 1.97. The predicted molar refractivity (Wildman–Crippen MR) is 61.0 cm³/mol. The van der Waals surface area contributed by atoms with Crippen molar-refractivity contribution in [1.29, 1.82) is 0 Å². The fraction of sp³-hybridized carbons (Fsp3) is 0. The van der Waals surface area contributed by atoms with E-state index in [0.717, 1.165) is 12.1 Å². The number of halogens is 2. The van der Waals surface area contributed by atoms with Crippen LogP contribution >= 0.6 is 0 Å². The molecule has 0 spiro atoms. The minimum Gasteiger partial charge on any atom is -0.306 e. The third-order valence-electron chi connectivity index (χ3n) is 1.97. The Morgan fingerprint density at radius 2 is 1.33 bits per heavy atom. The molecule has 0 radical (unpaired) electrons. The first-order chi connectivity index (χ1) is 8.63. The second kappa shape index (κ2) is 5.17. The van der Waals surface area contributed by atoms with E-state index in [1.54, 1.807) is 0 Å². The molecule has 2 rings (SSSR count). The van der Waals surface area contributed by atoms with Crippen molar-refractivity contribution in [3.05, 3.63) is 48.6 Å². The summed E-state index contributed by atoms with van der Waals surface area (Å²) in [6.45, 7) is 0. The largest absolute Gasteiger partial charge is 0.323 e. The minimum atomic E-state index is -0.635. The molecule has 2 heterocycles. The molecule has 0 fully saturated rings. The van der Waals surface area contributed by atoms with Gasteiger partial charge >= 0.3 is 6.03 Å². The molecule has 2 aromatic heterocycles. The highest BCUT2D eigenvalue weighted by Gasteiger charge is 2.03. The van der Waals surface area contributed by atoms with Crippen molar-refractivity contribution >= 4 is 17.4 Å². The van der Waals surface area contributed by atoms with Crippen molar-refractivity contribution in [3.63, 3.8) is 0 Å². The number of carbonyl (C=O) groups is 1.